The summed E-state index contributed by atoms with van der Waals surface area (Å²) in [6, 6.07) is 25.9. The minimum atomic E-state index is -2.04. The topological polar surface area (TPSA) is 425 Å². The molecule has 1 fully saturated rings. The Hall–Kier alpha value is -9.23. The molecule has 1 saturated heterocycles. The van der Waals surface area contributed by atoms with Crippen LogP contribution in [-0.4, -0.2) is 149 Å². The highest BCUT2D eigenvalue weighted by Gasteiger charge is 2.46. The summed E-state index contributed by atoms with van der Waals surface area (Å²) in [6.07, 6.45) is -0.761. The molecule has 4 aromatic rings. The number of carboxylic acids is 1. The number of amides is 8. The molecule has 8 atom stereocenters. The number of amidine groups is 1. The van der Waals surface area contributed by atoms with Crippen molar-refractivity contribution in [3.63, 3.8) is 0 Å². The van der Waals surface area contributed by atoms with E-state index in [4.69, 9.17) is 33.8 Å². The maximum Gasteiger partial charge on any atom is 0.329 e. The highest BCUT2D eigenvalue weighted by molar-refractivity contribution is 5.99. The van der Waals surface area contributed by atoms with Crippen LogP contribution < -0.4 is 65.5 Å². The number of guanidine groups is 1. The molecule has 0 aliphatic carbocycles. The summed E-state index contributed by atoms with van der Waals surface area (Å²) in [5.74, 6) is -9.00. The molecule has 87 heavy (non-hydrogen) atoms. The van der Waals surface area contributed by atoms with E-state index in [1.54, 1.807) is 74.5 Å². The van der Waals surface area contributed by atoms with Gasteiger partial charge in [-0.25, -0.2) is 4.79 Å². The Morgan fingerprint density at radius 2 is 0.816 bits per heavy atom. The van der Waals surface area contributed by atoms with Gasteiger partial charge in [-0.1, -0.05) is 149 Å². The minimum Gasteiger partial charge on any atom is -0.480 e. The number of carboxylic acid groups (broad SMARTS) is 1. The molecule has 25 heteroatoms. The van der Waals surface area contributed by atoms with Crippen molar-refractivity contribution in [1.82, 2.24) is 47.4 Å². The maximum atomic E-state index is 14.4. The molecule has 0 radical (unpaired) electrons. The predicted molar refractivity (Wildman–Crippen MR) is 328 cm³/mol. The first-order chi connectivity index (χ1) is 41.3. The summed E-state index contributed by atoms with van der Waals surface area (Å²) in [5.41, 5.74) is 25.0. The van der Waals surface area contributed by atoms with Crippen LogP contribution in [0.3, 0.4) is 0 Å². The number of nitrogens with zero attached hydrogens (tertiary/aromatic N) is 1. The Labute approximate surface area is 507 Å². The average Bonchev–Trinajstić information content (AvgIpc) is 2.49. The lowest BCUT2D eigenvalue weighted by atomic mass is 9.86. The van der Waals surface area contributed by atoms with Gasteiger partial charge in [0.15, 0.2) is 5.96 Å². The van der Waals surface area contributed by atoms with Crippen molar-refractivity contribution in [2.75, 3.05) is 19.6 Å². The molecule has 5 rings (SSSR count). The predicted octanol–water partition coefficient (Wildman–Crippen LogP) is -0.0161. The third-order valence-corrected chi connectivity index (χ3v) is 14.7. The van der Waals surface area contributed by atoms with E-state index in [0.29, 0.717) is 11.1 Å². The van der Waals surface area contributed by atoms with Crippen molar-refractivity contribution in [3.05, 3.63) is 144 Å². The van der Waals surface area contributed by atoms with Gasteiger partial charge in [-0.15, -0.1) is 0 Å². The molecule has 1 heterocycles. The smallest absolute Gasteiger partial charge is 0.329 e. The summed E-state index contributed by atoms with van der Waals surface area (Å²) in [7, 11) is 0. The normalized spacial score (nSPS) is 15.5. The number of piperidine rings is 1. The Balaban J connectivity index is 1.29. The number of nitrogens with one attached hydrogen (secondary N) is 10. The molecule has 468 valence electrons. The van der Waals surface area contributed by atoms with Gasteiger partial charge < -0.3 is 75.5 Å². The van der Waals surface area contributed by atoms with Crippen LogP contribution in [0.15, 0.2) is 121 Å². The lowest BCUT2D eigenvalue weighted by Gasteiger charge is -2.41. The first kappa shape index (κ1) is 68.5. The second-order valence-electron chi connectivity index (χ2n) is 22.8. The van der Waals surface area contributed by atoms with Gasteiger partial charge in [0, 0.05) is 38.9 Å². The Morgan fingerprint density at radius 1 is 0.483 bits per heavy atom. The zero-order valence-electron chi connectivity index (χ0n) is 49.7. The van der Waals surface area contributed by atoms with Crippen LogP contribution in [0.5, 0.6) is 0 Å². The zero-order valence-corrected chi connectivity index (χ0v) is 49.7. The molecular formula is C62H85N15O10. The Morgan fingerprint density at radius 3 is 1.16 bits per heavy atom. The summed E-state index contributed by atoms with van der Waals surface area (Å²) >= 11 is 0. The van der Waals surface area contributed by atoms with Crippen molar-refractivity contribution >= 4 is 65.0 Å². The Bertz CT molecular complexity index is 2980. The molecule has 4 aromatic carbocycles. The Kier molecular flexibility index (Phi) is 26.4. The molecular weight excluding hydrogens is 1110 g/mol. The number of aliphatic carboxylic acids is 1. The third-order valence-electron chi connectivity index (χ3n) is 14.7. The second-order valence-corrected chi connectivity index (χ2v) is 22.8. The van der Waals surface area contributed by atoms with E-state index in [9.17, 15) is 48.3 Å². The largest absolute Gasteiger partial charge is 0.480 e. The van der Waals surface area contributed by atoms with Gasteiger partial charge in [0.25, 0.3) is 0 Å². The molecule has 1 aliphatic rings. The summed E-state index contributed by atoms with van der Waals surface area (Å²) < 4.78 is 0. The van der Waals surface area contributed by atoms with Crippen LogP contribution in [0.1, 0.15) is 82.1 Å². The van der Waals surface area contributed by atoms with Gasteiger partial charge in [-0.05, 0) is 72.6 Å². The number of likely N-dealkylation sites (tertiary alicyclic amines) is 1. The van der Waals surface area contributed by atoms with Gasteiger partial charge in [0.2, 0.25) is 47.3 Å². The first-order valence-corrected chi connectivity index (χ1v) is 29.1. The van der Waals surface area contributed by atoms with E-state index >= 15 is 0 Å². The van der Waals surface area contributed by atoms with Crippen molar-refractivity contribution in [2.45, 2.75) is 139 Å². The van der Waals surface area contributed by atoms with E-state index in [0.717, 1.165) is 11.1 Å². The molecule has 0 aromatic heterocycles. The van der Waals surface area contributed by atoms with Gasteiger partial charge >= 0.3 is 5.97 Å². The summed E-state index contributed by atoms with van der Waals surface area (Å²) in [5, 5.41) is 48.0. The number of benzene rings is 4. The molecule has 0 saturated carbocycles. The fourth-order valence-corrected chi connectivity index (χ4v) is 9.98. The standard InChI is InChI=1S/C62H85N15O10/c1-37(2)29-45(72-56(82)47(33-41-21-13-7-14-22-41)70-52(78)43(63)31-39-17-9-5-10-18-39)54(80)74-49(35-51(65)66)58(84)76-62(60(86)87)25-27-77(28-26-62)59(85)50(36-69-61(67)68)75-55(81)46(30-38(3)4)73-57(83)48(34-42-23-15-8-16-24-42)71-53(79)44(64)32-40-19-11-6-12-20-40/h5-24,37-38,43-50H,25-36,63-64H2,1-4H3,(H3,65,66)(H,70,78)(H,71,79)(H,72,82)(H,73,83)(H,74,80)(H,75,81)(H,76,84)(H,86,87)(H4,67,68,69)/t43-,44-,45-,46-,47-,48-,49-,50-/m1/s1. The van der Waals surface area contributed by atoms with Gasteiger partial charge in [-0.2, -0.15) is 0 Å². The maximum absolute atomic E-state index is 14.4. The number of nitrogens with two attached hydrogens (primary N) is 4. The van der Waals surface area contributed by atoms with Crippen LogP contribution in [0.2, 0.25) is 0 Å². The van der Waals surface area contributed by atoms with Crippen LogP contribution in [0.25, 0.3) is 0 Å². The molecule has 0 unspecified atom stereocenters. The molecule has 8 amide bonds. The minimum absolute atomic E-state index is 0.0254. The van der Waals surface area contributed by atoms with Crippen LogP contribution in [-0.2, 0) is 68.8 Å². The van der Waals surface area contributed by atoms with Crippen LogP contribution in [0, 0.1) is 22.7 Å². The van der Waals surface area contributed by atoms with E-state index in [2.05, 4.69) is 42.5 Å². The number of carbonyl (C=O) groups excluding carboxylic acids is 8. The van der Waals surface area contributed by atoms with Gasteiger partial charge in [0.05, 0.1) is 17.9 Å². The summed E-state index contributed by atoms with van der Waals surface area (Å²) in [4.78, 5) is 127. The van der Waals surface area contributed by atoms with Gasteiger partial charge in [0.1, 0.15) is 41.8 Å². The highest BCUT2D eigenvalue weighted by Crippen LogP contribution is 2.25. The zero-order chi connectivity index (χ0) is 63.8. The van der Waals surface area contributed by atoms with Crippen molar-refractivity contribution in [3.8, 4) is 0 Å². The highest BCUT2D eigenvalue weighted by atomic mass is 16.4. The first-order valence-electron chi connectivity index (χ1n) is 29.1. The fourth-order valence-electron chi connectivity index (χ4n) is 9.98. The van der Waals surface area contributed by atoms with E-state index in [-0.39, 0.29) is 76.3 Å². The lowest BCUT2D eigenvalue weighted by Crippen LogP contribution is -2.66. The fraction of sp³-hybridized carbons (Fsp3) is 0.435. The lowest BCUT2D eigenvalue weighted by molar-refractivity contribution is -0.152. The molecule has 0 spiro atoms. The van der Waals surface area contributed by atoms with E-state index in [1.165, 1.54) is 4.90 Å². The SMILES string of the molecule is CC(C)C[C@@H](NC(=O)[C@@H](Cc1ccccc1)NC(=O)[C@H](N)Cc1ccccc1)C(=O)N[C@H](CC(=N)N)C(=O)NC1(C(=O)O)CCN(C(=O)[C@@H](CNC(=N)N)NC(=O)[C@@H](CC(C)C)NC(=O)[C@@H](Cc2ccccc2)NC(=O)[C@H](N)Cc2ccccc2)CC1. The van der Waals surface area contributed by atoms with E-state index < -0.39 is 132 Å². The third kappa shape index (κ3) is 22.3. The second kappa shape index (κ2) is 33.5. The monoisotopic (exact) mass is 1200 g/mol. The van der Waals surface area contributed by atoms with Crippen LogP contribution >= 0.6 is 0 Å². The van der Waals surface area contributed by atoms with Crippen molar-refractivity contribution in [2.24, 2.45) is 34.8 Å². The average molecular weight is 1200 g/mol. The molecule has 25 nitrogen and oxygen atoms in total. The molecule has 0 bridgehead atoms. The van der Waals surface area contributed by atoms with E-state index in [1.807, 2.05) is 74.5 Å². The number of carbonyl (C=O) groups is 9. The number of hydrogen-bond donors (Lipinski definition) is 15. The van der Waals surface area contributed by atoms with Crippen LogP contribution in [0.4, 0.5) is 0 Å². The van der Waals surface area contributed by atoms with Crippen molar-refractivity contribution < 1.29 is 48.3 Å². The quantitative estimate of drug-likeness (QED) is 0.0226. The summed E-state index contributed by atoms with van der Waals surface area (Å²) in [6.45, 7) is 6.25. The van der Waals surface area contributed by atoms with Crippen molar-refractivity contribution in [1.29, 1.82) is 10.8 Å². The molecule has 1 aliphatic heterocycles. The molecule has 19 N–H and O–H groups in total. The number of rotatable bonds is 32. The van der Waals surface area contributed by atoms with Gasteiger partial charge in [-0.3, -0.25) is 49.2 Å². The number of hydrogen-bond acceptors (Lipinski definition) is 13.